The summed E-state index contributed by atoms with van der Waals surface area (Å²) >= 11 is 0. The van der Waals surface area contributed by atoms with E-state index in [1.807, 2.05) is 19.9 Å². The van der Waals surface area contributed by atoms with Gasteiger partial charge in [0.1, 0.15) is 0 Å². The van der Waals surface area contributed by atoms with E-state index in [4.69, 9.17) is 9.47 Å². The molecular weight excluding hydrogens is 456 g/mol. The minimum Gasteiger partial charge on any atom is -0.365 e. The van der Waals surface area contributed by atoms with Crippen molar-refractivity contribution in [3.63, 3.8) is 0 Å². The first kappa shape index (κ1) is 24.3. The van der Waals surface area contributed by atoms with Gasteiger partial charge in [0.2, 0.25) is 5.91 Å². The summed E-state index contributed by atoms with van der Waals surface area (Å²) in [6, 6.07) is 8.77. The van der Waals surface area contributed by atoms with Crippen LogP contribution in [0.15, 0.2) is 36.4 Å². The maximum absolute atomic E-state index is 14.0. The third kappa shape index (κ3) is 4.24. The molecule has 11 nitrogen and oxygen atoms in total. The lowest BCUT2D eigenvalue weighted by Gasteiger charge is -2.46. The van der Waals surface area contributed by atoms with Crippen LogP contribution in [0.1, 0.15) is 16.7 Å². The molecule has 1 saturated heterocycles. The molecule has 0 bridgehead atoms. The monoisotopic (exact) mass is 482 g/mol. The van der Waals surface area contributed by atoms with Crippen LogP contribution in [0.5, 0.6) is 0 Å². The van der Waals surface area contributed by atoms with Crippen molar-refractivity contribution in [1.82, 2.24) is 5.32 Å². The molecule has 2 heterocycles. The molecule has 2 aromatic rings. The van der Waals surface area contributed by atoms with Crippen LogP contribution in [-0.4, -0.2) is 56.4 Å². The lowest BCUT2D eigenvalue weighted by Crippen LogP contribution is -2.69. The lowest BCUT2D eigenvalue weighted by atomic mass is 9.74. The molecule has 0 aliphatic carbocycles. The number of carbonyl (C=O) groups is 3. The molecule has 35 heavy (non-hydrogen) atoms. The first-order valence-corrected chi connectivity index (χ1v) is 11.0. The Bertz CT molecular complexity index is 1210. The zero-order valence-electron chi connectivity index (χ0n) is 19.9. The topological polar surface area (TPSA) is 131 Å². The molecule has 1 atom stereocenters. The number of barbiturate groups is 1. The summed E-state index contributed by atoms with van der Waals surface area (Å²) in [5, 5.41) is 13.8. The summed E-state index contributed by atoms with van der Waals surface area (Å²) in [6.07, 6.45) is -0.795. The van der Waals surface area contributed by atoms with E-state index >= 15 is 0 Å². The number of hydrogen-bond acceptors (Lipinski definition) is 8. The Hall–Kier alpha value is -3.83. The van der Waals surface area contributed by atoms with Crippen molar-refractivity contribution in [2.24, 2.45) is 5.41 Å². The summed E-state index contributed by atoms with van der Waals surface area (Å²) in [7, 11) is 2.92. The van der Waals surface area contributed by atoms with Crippen molar-refractivity contribution < 1.29 is 28.8 Å². The summed E-state index contributed by atoms with van der Waals surface area (Å²) < 4.78 is 10.6. The molecule has 1 spiro atoms. The van der Waals surface area contributed by atoms with E-state index in [0.29, 0.717) is 16.9 Å². The van der Waals surface area contributed by atoms with Crippen molar-refractivity contribution in [2.45, 2.75) is 26.6 Å². The number of nitrogens with zero attached hydrogens (tertiary/aromatic N) is 3. The van der Waals surface area contributed by atoms with Crippen molar-refractivity contribution in [3.05, 3.63) is 63.2 Å². The number of non-ortho nitro benzene ring substituents is 1. The van der Waals surface area contributed by atoms with E-state index in [1.54, 1.807) is 23.1 Å². The molecule has 4 amide bonds. The van der Waals surface area contributed by atoms with Crippen molar-refractivity contribution >= 4 is 34.9 Å². The molecule has 2 aliphatic rings. The fourth-order valence-corrected chi connectivity index (χ4v) is 4.80. The Morgan fingerprint density at radius 2 is 1.74 bits per heavy atom. The first-order valence-electron chi connectivity index (χ1n) is 11.0. The molecule has 2 aromatic carbocycles. The molecule has 1 fully saturated rings. The van der Waals surface area contributed by atoms with Gasteiger partial charge >= 0.3 is 6.03 Å². The van der Waals surface area contributed by atoms with Crippen LogP contribution in [0, 0.1) is 29.4 Å². The van der Waals surface area contributed by atoms with Gasteiger partial charge in [-0.25, -0.2) is 9.69 Å². The van der Waals surface area contributed by atoms with E-state index in [0.717, 1.165) is 16.0 Å². The van der Waals surface area contributed by atoms with Gasteiger partial charge in [0, 0.05) is 38.6 Å². The fourth-order valence-electron chi connectivity index (χ4n) is 4.80. The van der Waals surface area contributed by atoms with Crippen LogP contribution < -0.4 is 15.1 Å². The van der Waals surface area contributed by atoms with Crippen molar-refractivity contribution in [2.75, 3.05) is 37.1 Å². The van der Waals surface area contributed by atoms with Crippen LogP contribution in [0.2, 0.25) is 0 Å². The Morgan fingerprint density at radius 3 is 2.34 bits per heavy atom. The second kappa shape index (κ2) is 9.08. The summed E-state index contributed by atoms with van der Waals surface area (Å²) in [6.45, 7) is 3.77. The molecule has 0 unspecified atom stereocenters. The maximum Gasteiger partial charge on any atom is 0.335 e. The number of amides is 4. The van der Waals surface area contributed by atoms with Gasteiger partial charge in [-0.2, -0.15) is 0 Å². The number of nitro groups is 1. The molecule has 0 saturated carbocycles. The third-order valence-electron chi connectivity index (χ3n) is 6.40. The smallest absolute Gasteiger partial charge is 0.335 e. The first-order chi connectivity index (χ1) is 16.6. The highest BCUT2D eigenvalue weighted by molar-refractivity contribution is 6.30. The van der Waals surface area contributed by atoms with Crippen LogP contribution >= 0.6 is 0 Å². The Kier molecular flexibility index (Phi) is 6.30. The molecule has 4 rings (SSSR count). The minimum absolute atomic E-state index is 0.0692. The molecule has 2 aliphatic heterocycles. The van der Waals surface area contributed by atoms with Crippen LogP contribution in [0.4, 0.5) is 21.9 Å². The van der Waals surface area contributed by atoms with Crippen LogP contribution in [0.3, 0.4) is 0 Å². The maximum atomic E-state index is 14.0. The largest absolute Gasteiger partial charge is 0.365 e. The number of carbonyl (C=O) groups excluding carboxylic acids is 3. The van der Waals surface area contributed by atoms with Gasteiger partial charge in [-0.05, 0) is 55.2 Å². The molecule has 1 N–H and O–H groups in total. The average molecular weight is 482 g/mol. The highest BCUT2D eigenvalue weighted by Crippen LogP contribution is 2.42. The van der Waals surface area contributed by atoms with Gasteiger partial charge in [-0.3, -0.25) is 25.0 Å². The Morgan fingerprint density at radius 1 is 1.09 bits per heavy atom. The SMILES string of the molecule is COC(CN1C[C@]2(Cc3cc([N+](=O)[O-])ccc31)C(=O)NC(=O)N(c1cc(C)cc(C)c1)C2=O)OC. The number of rotatable bonds is 6. The van der Waals surface area contributed by atoms with E-state index < -0.39 is 34.5 Å². The third-order valence-corrected chi connectivity index (χ3v) is 6.40. The molecule has 11 heteroatoms. The van der Waals surface area contributed by atoms with Crippen molar-refractivity contribution in [3.8, 4) is 0 Å². The Labute approximate surface area is 201 Å². The quantitative estimate of drug-likeness (QED) is 0.288. The number of imide groups is 2. The van der Waals surface area contributed by atoms with Gasteiger partial charge in [0.05, 0.1) is 17.2 Å². The summed E-state index contributed by atoms with van der Waals surface area (Å²) in [4.78, 5) is 53.7. The fraction of sp³-hybridized carbons (Fsp3) is 0.375. The van der Waals surface area contributed by atoms with Gasteiger partial charge in [-0.1, -0.05) is 6.07 Å². The van der Waals surface area contributed by atoms with Gasteiger partial charge < -0.3 is 14.4 Å². The number of ether oxygens (including phenoxy) is 2. The number of nitrogens with one attached hydrogen (secondary N) is 1. The number of fused-ring (bicyclic) bond motifs is 1. The lowest BCUT2D eigenvalue weighted by molar-refractivity contribution is -0.384. The molecule has 184 valence electrons. The number of anilines is 2. The van der Waals surface area contributed by atoms with Crippen LogP contribution in [-0.2, 0) is 25.5 Å². The minimum atomic E-state index is -1.69. The van der Waals surface area contributed by atoms with E-state index in [-0.39, 0.29) is 25.2 Å². The number of benzene rings is 2. The zero-order chi connectivity index (χ0) is 25.5. The van der Waals surface area contributed by atoms with E-state index in [2.05, 4.69) is 5.32 Å². The van der Waals surface area contributed by atoms with Gasteiger partial charge in [0.25, 0.3) is 11.6 Å². The molecular formula is C24H26N4O7. The number of hydrogen-bond donors (Lipinski definition) is 1. The second-order valence-corrected chi connectivity index (χ2v) is 8.86. The number of aryl methyl sites for hydroxylation is 2. The number of nitro benzene ring substituents is 1. The highest BCUT2D eigenvalue weighted by atomic mass is 16.7. The van der Waals surface area contributed by atoms with Crippen molar-refractivity contribution in [1.29, 1.82) is 0 Å². The van der Waals surface area contributed by atoms with Gasteiger partial charge in [-0.15, -0.1) is 0 Å². The zero-order valence-corrected chi connectivity index (χ0v) is 19.9. The second-order valence-electron chi connectivity index (χ2n) is 8.86. The molecule has 0 radical (unpaired) electrons. The van der Waals surface area contributed by atoms with Gasteiger partial charge in [0.15, 0.2) is 11.7 Å². The predicted octanol–water partition coefficient (Wildman–Crippen LogP) is 2.46. The summed E-state index contributed by atoms with van der Waals surface area (Å²) in [5.41, 5.74) is 1.24. The predicted molar refractivity (Wildman–Crippen MR) is 126 cm³/mol. The highest BCUT2D eigenvalue weighted by Gasteiger charge is 2.57. The number of methoxy groups -OCH3 is 2. The average Bonchev–Trinajstić information content (AvgIpc) is 2.80. The normalized spacial score (nSPS) is 19.9. The molecule has 0 aromatic heterocycles. The summed E-state index contributed by atoms with van der Waals surface area (Å²) in [5.74, 6) is -1.44. The number of urea groups is 1. The van der Waals surface area contributed by atoms with Crippen LogP contribution in [0.25, 0.3) is 0 Å². The standard InChI is InChI=1S/C24H26N4O7/c1-14-7-15(2)9-18(8-14)27-22(30)24(21(29)25-23(27)31)11-16-10-17(28(32)33)5-6-19(16)26(13-24)12-20(34-3)35-4/h5-10,20H,11-13H2,1-4H3,(H,25,29,31)/t24-/m1/s1. The van der Waals surface area contributed by atoms with E-state index in [1.165, 1.54) is 26.4 Å². The van der Waals surface area contributed by atoms with E-state index in [9.17, 15) is 24.5 Å². The Balaban J connectivity index is 1.84.